The molecule has 0 radical (unpaired) electrons. The van der Waals surface area contributed by atoms with Crippen molar-refractivity contribution in [3.05, 3.63) is 100 Å². The molecular weight excluding hydrogens is 360 g/mol. The van der Waals surface area contributed by atoms with Crippen molar-refractivity contribution in [1.82, 2.24) is 0 Å². The topological polar surface area (TPSA) is 64.3 Å². The van der Waals surface area contributed by atoms with Gasteiger partial charge in [-0.1, -0.05) is 54.1 Å². The largest absolute Gasteiger partial charge is 0.372 e. The van der Waals surface area contributed by atoms with Crippen molar-refractivity contribution in [1.29, 1.82) is 5.26 Å². The summed E-state index contributed by atoms with van der Waals surface area (Å²) in [7, 11) is 0. The average Bonchev–Trinajstić information content (AvgIpc) is 2.92. The number of benzene rings is 3. The zero-order valence-electron chi connectivity index (χ0n) is 14.3. The molecule has 27 heavy (non-hydrogen) atoms. The zero-order valence-corrected chi connectivity index (χ0v) is 15.0. The summed E-state index contributed by atoms with van der Waals surface area (Å²) in [5, 5.41) is 20.8. The van der Waals surface area contributed by atoms with Crippen LogP contribution in [0.5, 0.6) is 0 Å². The summed E-state index contributed by atoms with van der Waals surface area (Å²) < 4.78 is 0. The highest BCUT2D eigenvalue weighted by Gasteiger charge is 2.50. The van der Waals surface area contributed by atoms with Gasteiger partial charge in [-0.25, -0.2) is 0 Å². The predicted octanol–water partition coefficient (Wildman–Crippen LogP) is 3.99. The number of amides is 1. The Hall–Kier alpha value is -3.13. The van der Waals surface area contributed by atoms with Crippen LogP contribution in [0.15, 0.2) is 72.8 Å². The van der Waals surface area contributed by atoms with Gasteiger partial charge in [-0.05, 0) is 41.5 Å². The molecule has 1 heterocycles. The maximum absolute atomic E-state index is 13.3. The van der Waals surface area contributed by atoms with Crippen LogP contribution in [0.3, 0.4) is 0 Å². The zero-order chi connectivity index (χ0) is 19.0. The molecule has 4 nitrogen and oxygen atoms in total. The summed E-state index contributed by atoms with van der Waals surface area (Å²) in [6, 6.07) is 23.1. The smallest absolute Gasteiger partial charge is 0.268 e. The maximum atomic E-state index is 13.3. The highest BCUT2D eigenvalue weighted by atomic mass is 35.5. The molecule has 0 fully saturated rings. The lowest BCUT2D eigenvalue weighted by molar-refractivity contribution is -0.132. The number of carbonyl (C=O) groups is 1. The Morgan fingerprint density at radius 1 is 1.04 bits per heavy atom. The van der Waals surface area contributed by atoms with Gasteiger partial charge in [-0.3, -0.25) is 4.79 Å². The number of anilines is 1. The van der Waals surface area contributed by atoms with Crippen LogP contribution in [0.1, 0.15) is 22.3 Å². The molecule has 1 atom stereocenters. The van der Waals surface area contributed by atoms with Crippen LogP contribution >= 0.6 is 11.6 Å². The van der Waals surface area contributed by atoms with Crippen LogP contribution < -0.4 is 4.90 Å². The SMILES string of the molecule is N#Cc1ccc(CN2C(=O)[C@@](O)(c3cccc(Cl)c3)c3ccccc32)cc1. The Kier molecular flexibility index (Phi) is 4.19. The monoisotopic (exact) mass is 374 g/mol. The van der Waals surface area contributed by atoms with E-state index in [1.54, 1.807) is 53.4 Å². The molecule has 132 valence electrons. The molecule has 1 aliphatic heterocycles. The molecule has 0 spiro atoms. The van der Waals surface area contributed by atoms with Gasteiger partial charge in [-0.2, -0.15) is 5.26 Å². The second kappa shape index (κ2) is 6.55. The van der Waals surface area contributed by atoms with Crippen molar-refractivity contribution in [3.8, 4) is 6.07 Å². The van der Waals surface area contributed by atoms with Crippen molar-refractivity contribution in [3.63, 3.8) is 0 Å². The third-order valence-electron chi connectivity index (χ3n) is 4.81. The molecule has 3 aromatic carbocycles. The first-order valence-electron chi connectivity index (χ1n) is 8.43. The quantitative estimate of drug-likeness (QED) is 0.753. The van der Waals surface area contributed by atoms with Gasteiger partial charge in [0.1, 0.15) is 0 Å². The molecule has 0 saturated carbocycles. The van der Waals surface area contributed by atoms with Crippen molar-refractivity contribution < 1.29 is 9.90 Å². The van der Waals surface area contributed by atoms with Gasteiger partial charge in [0.15, 0.2) is 5.60 Å². The lowest BCUT2D eigenvalue weighted by atomic mass is 9.87. The van der Waals surface area contributed by atoms with E-state index in [1.165, 1.54) is 0 Å². The maximum Gasteiger partial charge on any atom is 0.268 e. The summed E-state index contributed by atoms with van der Waals surface area (Å²) in [6.45, 7) is 0.296. The van der Waals surface area contributed by atoms with Crippen LogP contribution in [0.4, 0.5) is 5.69 Å². The number of para-hydroxylation sites is 1. The van der Waals surface area contributed by atoms with Gasteiger partial charge < -0.3 is 10.0 Å². The summed E-state index contributed by atoms with van der Waals surface area (Å²) >= 11 is 6.09. The van der Waals surface area contributed by atoms with Crippen molar-refractivity contribution in [2.45, 2.75) is 12.1 Å². The van der Waals surface area contributed by atoms with Gasteiger partial charge in [0.05, 0.1) is 23.9 Å². The van der Waals surface area contributed by atoms with Crippen LogP contribution in [0, 0.1) is 11.3 Å². The number of carbonyl (C=O) groups excluding carboxylic acids is 1. The molecule has 0 saturated heterocycles. The van der Waals surface area contributed by atoms with Crippen molar-refractivity contribution >= 4 is 23.2 Å². The van der Waals surface area contributed by atoms with E-state index in [0.29, 0.717) is 33.9 Å². The van der Waals surface area contributed by atoms with Gasteiger partial charge in [0.2, 0.25) is 0 Å². The number of fused-ring (bicyclic) bond motifs is 1. The molecular formula is C22H15ClN2O2. The number of halogens is 1. The summed E-state index contributed by atoms with van der Waals surface area (Å²) in [6.07, 6.45) is 0. The van der Waals surface area contributed by atoms with Crippen LogP contribution in [-0.4, -0.2) is 11.0 Å². The van der Waals surface area contributed by atoms with Crippen LogP contribution in [0.2, 0.25) is 5.02 Å². The van der Waals surface area contributed by atoms with E-state index < -0.39 is 11.5 Å². The fourth-order valence-electron chi connectivity index (χ4n) is 3.45. The first-order chi connectivity index (χ1) is 13.0. The Morgan fingerprint density at radius 3 is 2.48 bits per heavy atom. The highest BCUT2D eigenvalue weighted by Crippen LogP contribution is 2.45. The minimum atomic E-state index is -1.78. The molecule has 0 unspecified atom stereocenters. The predicted molar refractivity (Wildman–Crippen MR) is 103 cm³/mol. The first kappa shape index (κ1) is 17.3. The van der Waals surface area contributed by atoms with Crippen molar-refractivity contribution in [2.24, 2.45) is 0 Å². The summed E-state index contributed by atoms with van der Waals surface area (Å²) in [4.78, 5) is 14.9. The molecule has 4 rings (SSSR count). The minimum absolute atomic E-state index is 0.296. The Morgan fingerprint density at radius 2 is 1.78 bits per heavy atom. The minimum Gasteiger partial charge on any atom is -0.372 e. The van der Waals surface area contributed by atoms with E-state index in [9.17, 15) is 9.90 Å². The molecule has 0 aliphatic carbocycles. The summed E-state index contributed by atoms with van der Waals surface area (Å²) in [5.74, 6) is -0.421. The number of aliphatic hydroxyl groups is 1. The Labute approximate surface area is 161 Å². The summed E-state index contributed by atoms with van der Waals surface area (Å²) in [5.41, 5.74) is 1.28. The van der Waals surface area contributed by atoms with Gasteiger partial charge in [0, 0.05) is 10.6 Å². The number of nitrogens with zero attached hydrogens (tertiary/aromatic N) is 2. The lowest BCUT2D eigenvalue weighted by Crippen LogP contribution is -2.40. The van der Waals surface area contributed by atoms with Crippen LogP contribution in [0.25, 0.3) is 0 Å². The van der Waals surface area contributed by atoms with Gasteiger partial charge in [0.25, 0.3) is 5.91 Å². The number of nitriles is 1. The van der Waals surface area contributed by atoms with E-state index in [2.05, 4.69) is 6.07 Å². The van der Waals surface area contributed by atoms with Crippen molar-refractivity contribution in [2.75, 3.05) is 4.90 Å². The van der Waals surface area contributed by atoms with E-state index in [1.807, 2.05) is 24.3 Å². The molecule has 5 heteroatoms. The number of hydrogen-bond donors (Lipinski definition) is 1. The fourth-order valence-corrected chi connectivity index (χ4v) is 3.64. The second-order valence-corrected chi connectivity index (χ2v) is 6.87. The third kappa shape index (κ3) is 2.78. The second-order valence-electron chi connectivity index (χ2n) is 6.44. The van der Waals surface area contributed by atoms with Gasteiger partial charge >= 0.3 is 0 Å². The fraction of sp³-hybridized carbons (Fsp3) is 0.0909. The van der Waals surface area contributed by atoms with Crippen LogP contribution in [-0.2, 0) is 16.9 Å². The third-order valence-corrected chi connectivity index (χ3v) is 5.04. The number of rotatable bonds is 3. The standard InChI is InChI=1S/C22H15ClN2O2/c23-18-5-3-4-17(12-18)22(27)19-6-1-2-7-20(19)25(21(22)26)14-16-10-8-15(13-24)9-11-16/h1-12,27H,14H2/t22-/m1/s1. The molecule has 1 amide bonds. The highest BCUT2D eigenvalue weighted by molar-refractivity contribution is 6.30. The molecule has 1 N–H and O–H groups in total. The molecule has 0 bridgehead atoms. The Balaban J connectivity index is 1.79. The molecule has 3 aromatic rings. The first-order valence-corrected chi connectivity index (χ1v) is 8.81. The van der Waals surface area contributed by atoms with E-state index in [0.717, 1.165) is 5.56 Å². The average molecular weight is 375 g/mol. The van der Waals surface area contributed by atoms with Gasteiger partial charge in [-0.15, -0.1) is 0 Å². The van der Waals surface area contributed by atoms with E-state index >= 15 is 0 Å². The van der Waals surface area contributed by atoms with E-state index in [4.69, 9.17) is 16.9 Å². The lowest BCUT2D eigenvalue weighted by Gasteiger charge is -2.24. The van der Waals surface area contributed by atoms with E-state index in [-0.39, 0.29) is 0 Å². The normalized spacial score (nSPS) is 18.3. The molecule has 0 aromatic heterocycles. The Bertz CT molecular complexity index is 1070. The number of hydrogen-bond acceptors (Lipinski definition) is 3. The molecule has 1 aliphatic rings.